The summed E-state index contributed by atoms with van der Waals surface area (Å²) in [5.74, 6) is 0. The summed E-state index contributed by atoms with van der Waals surface area (Å²) in [7, 11) is 2.19. The second-order valence-electron chi connectivity index (χ2n) is 4.82. The predicted molar refractivity (Wildman–Crippen MR) is 72.9 cm³/mol. The van der Waals surface area contributed by atoms with Crippen LogP contribution >= 0.6 is 0 Å². The average molecular weight is 235 g/mol. The van der Waals surface area contributed by atoms with Crippen LogP contribution in [-0.2, 0) is 6.54 Å². The van der Waals surface area contributed by atoms with Gasteiger partial charge in [0.1, 0.15) is 0 Å². The van der Waals surface area contributed by atoms with Gasteiger partial charge < -0.3 is 10.2 Å². The summed E-state index contributed by atoms with van der Waals surface area (Å²) in [6.07, 6.45) is 6.22. The van der Waals surface area contributed by atoms with Gasteiger partial charge in [0.25, 0.3) is 0 Å². The molecular formula is C14H25N3. The molecule has 1 aromatic heterocycles. The summed E-state index contributed by atoms with van der Waals surface area (Å²) < 4.78 is 0. The molecule has 1 N–H and O–H groups in total. The highest BCUT2D eigenvalue weighted by atomic mass is 15.1. The molecule has 1 heterocycles. The van der Waals surface area contributed by atoms with E-state index in [1.807, 2.05) is 18.5 Å². The number of rotatable bonds is 8. The Morgan fingerprint density at radius 1 is 1.35 bits per heavy atom. The Morgan fingerprint density at radius 3 is 2.82 bits per heavy atom. The molecular weight excluding hydrogens is 210 g/mol. The number of unbranched alkanes of at least 4 members (excludes halogenated alkanes) is 1. The van der Waals surface area contributed by atoms with Gasteiger partial charge in [-0.2, -0.15) is 0 Å². The lowest BCUT2D eigenvalue weighted by Crippen LogP contribution is -2.27. The standard InChI is InChI=1S/C14H25N3/c1-13(2)17(3)10-5-4-8-15-11-14-7-6-9-16-12-14/h6-7,9,12-13,15H,4-5,8,10-11H2,1-3H3. The first kappa shape index (κ1) is 14.1. The zero-order valence-corrected chi connectivity index (χ0v) is 11.3. The molecule has 0 amide bonds. The highest BCUT2D eigenvalue weighted by molar-refractivity contribution is 5.07. The molecule has 0 aliphatic heterocycles. The molecule has 0 spiro atoms. The zero-order chi connectivity index (χ0) is 12.5. The quantitative estimate of drug-likeness (QED) is 0.701. The molecule has 0 atom stereocenters. The number of hydrogen-bond donors (Lipinski definition) is 1. The van der Waals surface area contributed by atoms with E-state index in [2.05, 4.69) is 42.2 Å². The first-order valence-electron chi connectivity index (χ1n) is 6.50. The molecule has 3 heteroatoms. The van der Waals surface area contributed by atoms with Crippen LogP contribution in [0.15, 0.2) is 24.5 Å². The van der Waals surface area contributed by atoms with Crippen molar-refractivity contribution in [3.8, 4) is 0 Å². The van der Waals surface area contributed by atoms with E-state index >= 15 is 0 Å². The molecule has 0 radical (unpaired) electrons. The summed E-state index contributed by atoms with van der Waals surface area (Å²) in [5.41, 5.74) is 1.26. The topological polar surface area (TPSA) is 28.2 Å². The van der Waals surface area contributed by atoms with Crippen molar-refractivity contribution in [3.05, 3.63) is 30.1 Å². The Labute approximate surface area is 105 Å². The Bertz CT molecular complexity index is 285. The molecule has 0 aromatic carbocycles. The maximum atomic E-state index is 4.10. The van der Waals surface area contributed by atoms with E-state index < -0.39 is 0 Å². The molecule has 0 bridgehead atoms. The third kappa shape index (κ3) is 6.39. The van der Waals surface area contributed by atoms with Crippen LogP contribution in [0.3, 0.4) is 0 Å². The van der Waals surface area contributed by atoms with Crippen molar-refractivity contribution in [2.75, 3.05) is 20.1 Å². The van der Waals surface area contributed by atoms with Crippen LogP contribution in [0.5, 0.6) is 0 Å². The summed E-state index contributed by atoms with van der Waals surface area (Å²) in [4.78, 5) is 6.49. The lowest BCUT2D eigenvalue weighted by atomic mass is 10.2. The van der Waals surface area contributed by atoms with Gasteiger partial charge in [-0.3, -0.25) is 4.98 Å². The van der Waals surface area contributed by atoms with E-state index in [1.165, 1.54) is 24.9 Å². The van der Waals surface area contributed by atoms with Gasteiger partial charge in [0.05, 0.1) is 0 Å². The monoisotopic (exact) mass is 235 g/mol. The Morgan fingerprint density at radius 2 is 2.18 bits per heavy atom. The third-order valence-electron chi connectivity index (χ3n) is 3.05. The zero-order valence-electron chi connectivity index (χ0n) is 11.3. The lowest BCUT2D eigenvalue weighted by Gasteiger charge is -2.20. The molecule has 0 aliphatic carbocycles. The Hall–Kier alpha value is -0.930. The van der Waals surface area contributed by atoms with Crippen LogP contribution in [0.2, 0.25) is 0 Å². The molecule has 0 aliphatic rings. The maximum absolute atomic E-state index is 4.10. The summed E-state index contributed by atoms with van der Waals surface area (Å²) >= 11 is 0. The maximum Gasteiger partial charge on any atom is 0.0312 e. The van der Waals surface area contributed by atoms with Gasteiger partial charge in [-0.05, 0) is 58.5 Å². The summed E-state index contributed by atoms with van der Waals surface area (Å²) in [6, 6.07) is 4.74. The van der Waals surface area contributed by atoms with Crippen LogP contribution in [0.25, 0.3) is 0 Å². The van der Waals surface area contributed by atoms with Gasteiger partial charge >= 0.3 is 0 Å². The molecule has 1 rings (SSSR count). The van der Waals surface area contributed by atoms with E-state index in [0.717, 1.165) is 13.1 Å². The molecule has 96 valence electrons. The fourth-order valence-corrected chi connectivity index (χ4v) is 1.60. The molecule has 0 fully saturated rings. The molecule has 1 aromatic rings. The summed E-state index contributed by atoms with van der Waals surface area (Å²) in [6.45, 7) is 7.67. The number of pyridine rings is 1. The molecule has 17 heavy (non-hydrogen) atoms. The van der Waals surface area contributed by atoms with Crippen molar-refractivity contribution in [3.63, 3.8) is 0 Å². The van der Waals surface area contributed by atoms with Crippen molar-refractivity contribution in [1.82, 2.24) is 15.2 Å². The number of hydrogen-bond acceptors (Lipinski definition) is 3. The van der Waals surface area contributed by atoms with Gasteiger partial charge in [-0.1, -0.05) is 6.07 Å². The number of nitrogens with one attached hydrogen (secondary N) is 1. The van der Waals surface area contributed by atoms with Crippen LogP contribution < -0.4 is 5.32 Å². The van der Waals surface area contributed by atoms with E-state index in [9.17, 15) is 0 Å². The lowest BCUT2D eigenvalue weighted by molar-refractivity contribution is 0.268. The second-order valence-corrected chi connectivity index (χ2v) is 4.82. The largest absolute Gasteiger partial charge is 0.313 e. The minimum Gasteiger partial charge on any atom is -0.313 e. The van der Waals surface area contributed by atoms with E-state index in [1.54, 1.807) is 0 Å². The smallest absolute Gasteiger partial charge is 0.0312 e. The van der Waals surface area contributed by atoms with E-state index in [-0.39, 0.29) is 0 Å². The highest BCUT2D eigenvalue weighted by Gasteiger charge is 2.01. The van der Waals surface area contributed by atoms with E-state index in [4.69, 9.17) is 0 Å². The number of aromatic nitrogens is 1. The first-order chi connectivity index (χ1) is 8.20. The molecule has 3 nitrogen and oxygen atoms in total. The Kier molecular flexibility index (Phi) is 6.82. The molecule has 0 saturated heterocycles. The predicted octanol–water partition coefficient (Wildman–Crippen LogP) is 2.29. The van der Waals surface area contributed by atoms with Crippen molar-refractivity contribution >= 4 is 0 Å². The fraction of sp³-hybridized carbons (Fsp3) is 0.643. The van der Waals surface area contributed by atoms with Gasteiger partial charge in [0.2, 0.25) is 0 Å². The second kappa shape index (κ2) is 8.20. The molecule has 0 saturated carbocycles. The van der Waals surface area contributed by atoms with Crippen molar-refractivity contribution in [1.29, 1.82) is 0 Å². The first-order valence-corrected chi connectivity index (χ1v) is 6.50. The van der Waals surface area contributed by atoms with Gasteiger partial charge in [-0.25, -0.2) is 0 Å². The minimum atomic E-state index is 0.651. The highest BCUT2D eigenvalue weighted by Crippen LogP contribution is 1.98. The van der Waals surface area contributed by atoms with Crippen LogP contribution in [0.1, 0.15) is 32.3 Å². The van der Waals surface area contributed by atoms with Crippen molar-refractivity contribution < 1.29 is 0 Å². The van der Waals surface area contributed by atoms with Gasteiger partial charge in [-0.15, -0.1) is 0 Å². The van der Waals surface area contributed by atoms with Gasteiger partial charge in [0.15, 0.2) is 0 Å². The summed E-state index contributed by atoms with van der Waals surface area (Å²) in [5, 5.41) is 3.45. The third-order valence-corrected chi connectivity index (χ3v) is 3.05. The fourth-order valence-electron chi connectivity index (χ4n) is 1.60. The normalized spacial score (nSPS) is 11.4. The van der Waals surface area contributed by atoms with Crippen molar-refractivity contribution in [2.45, 2.75) is 39.3 Å². The van der Waals surface area contributed by atoms with Crippen LogP contribution in [0, 0.1) is 0 Å². The van der Waals surface area contributed by atoms with Crippen LogP contribution in [0.4, 0.5) is 0 Å². The van der Waals surface area contributed by atoms with Crippen LogP contribution in [-0.4, -0.2) is 36.1 Å². The average Bonchev–Trinajstić information content (AvgIpc) is 2.34. The minimum absolute atomic E-state index is 0.651. The van der Waals surface area contributed by atoms with E-state index in [0.29, 0.717) is 6.04 Å². The van der Waals surface area contributed by atoms with Gasteiger partial charge in [0, 0.05) is 25.0 Å². The Balaban J connectivity index is 1.98. The van der Waals surface area contributed by atoms with Crippen molar-refractivity contribution in [2.24, 2.45) is 0 Å². The number of nitrogens with zero attached hydrogens (tertiary/aromatic N) is 2. The molecule has 0 unspecified atom stereocenters. The SMILES string of the molecule is CC(C)N(C)CCCCNCc1cccnc1.